The molecule has 0 aromatic carbocycles. The number of hydrogen-bond donors (Lipinski definition) is 0. The zero-order valence-corrected chi connectivity index (χ0v) is 14.2. The summed E-state index contributed by atoms with van der Waals surface area (Å²) in [6, 6.07) is 0. The summed E-state index contributed by atoms with van der Waals surface area (Å²) in [7, 11) is 0. The molecular weight excluding hydrogens is 664 g/mol. The monoisotopic (exact) mass is 672 g/mol. The van der Waals surface area contributed by atoms with Crippen molar-refractivity contribution in [1.29, 1.82) is 0 Å². The van der Waals surface area contributed by atoms with Crippen LogP contribution >= 0.6 is 23.5 Å². The molecule has 0 amide bonds. The van der Waals surface area contributed by atoms with Crippen LogP contribution in [0.5, 0.6) is 0 Å². The predicted molar refractivity (Wildman–Crippen MR) is 44.0 cm³/mol. The summed E-state index contributed by atoms with van der Waals surface area (Å²) < 4.78 is 1.51. The van der Waals surface area contributed by atoms with Gasteiger partial charge in [-0.05, 0) is 0 Å². The van der Waals surface area contributed by atoms with Crippen molar-refractivity contribution in [1.82, 2.24) is 0 Å². The molecule has 0 saturated carbocycles. The van der Waals surface area contributed by atoms with Crippen LogP contribution in [0.2, 0.25) is 0 Å². The van der Waals surface area contributed by atoms with Gasteiger partial charge in [-0.15, -0.1) is 0 Å². The number of rotatable bonds is 0. The molecule has 68 valence electrons. The maximum absolute atomic E-state index is 3.13. The Labute approximate surface area is 118 Å². The molecule has 6 heteroatoms. The van der Waals surface area contributed by atoms with Gasteiger partial charge in [-0.3, -0.25) is 0 Å². The molecule has 1 aliphatic rings. The van der Waals surface area contributed by atoms with E-state index >= 15 is 0 Å². The van der Waals surface area contributed by atoms with Gasteiger partial charge in [-0.1, -0.05) is 0 Å². The molecule has 1 heterocycles. The van der Waals surface area contributed by atoms with Crippen LogP contribution in [0.1, 0.15) is 0 Å². The van der Waals surface area contributed by atoms with Crippen molar-refractivity contribution in [3.05, 3.63) is 0 Å². The van der Waals surface area contributed by atoms with Crippen molar-refractivity contribution >= 4 is 55.5 Å². The fourth-order valence-corrected chi connectivity index (χ4v) is 4.43. The van der Waals surface area contributed by atoms with Crippen molar-refractivity contribution in [3.8, 4) is 0 Å². The summed E-state index contributed by atoms with van der Waals surface area (Å²) in [5, 5.41) is 0. The van der Waals surface area contributed by atoms with Crippen molar-refractivity contribution in [2.24, 2.45) is 0 Å². The van der Waals surface area contributed by atoms with Gasteiger partial charge < -0.3 is 0 Å². The normalized spacial score (nSPS) is 31.8. The first-order chi connectivity index (χ1) is 3.79. The molecule has 2 unspecified atom stereocenters. The zero-order valence-electron chi connectivity index (χ0n) is 4.80. The molecule has 0 aromatic rings. The minimum atomic E-state index is 0. The SMILES string of the molecule is [Au].[Au].[Se]C1CSC([Se])CS1. The summed E-state index contributed by atoms with van der Waals surface area (Å²) in [6.45, 7) is 0. The Balaban J connectivity index is 0. The molecule has 0 aromatic heterocycles. The van der Waals surface area contributed by atoms with Crippen molar-refractivity contribution < 1.29 is 44.8 Å². The molecule has 10 heavy (non-hydrogen) atoms. The van der Waals surface area contributed by atoms with Crippen LogP contribution in [0, 0.1) is 0 Å². The van der Waals surface area contributed by atoms with Crippen LogP contribution in [0.25, 0.3) is 0 Å². The van der Waals surface area contributed by atoms with E-state index in [4.69, 9.17) is 0 Å². The third-order valence-corrected chi connectivity index (χ3v) is 6.75. The van der Waals surface area contributed by atoms with Crippen LogP contribution in [0.4, 0.5) is 0 Å². The molecule has 1 saturated heterocycles. The summed E-state index contributed by atoms with van der Waals surface area (Å²) in [5.41, 5.74) is 0. The van der Waals surface area contributed by atoms with E-state index in [0.29, 0.717) is 0 Å². The first-order valence-corrected chi connectivity index (χ1v) is 6.41. The Bertz CT molecular complexity index is 67.7. The fourth-order valence-electron chi connectivity index (χ4n) is 0.468. The van der Waals surface area contributed by atoms with Gasteiger partial charge in [0.2, 0.25) is 0 Å². The minimum absolute atomic E-state index is 0. The Kier molecular flexibility index (Phi) is 13.8. The van der Waals surface area contributed by atoms with Crippen LogP contribution in [0.15, 0.2) is 0 Å². The Hall–Kier alpha value is 3.22. The van der Waals surface area contributed by atoms with Gasteiger partial charge in [0.15, 0.2) is 0 Å². The Morgan fingerprint density at radius 2 is 1.20 bits per heavy atom. The molecule has 0 N–H and O–H groups in total. The van der Waals surface area contributed by atoms with E-state index in [9.17, 15) is 0 Å². The van der Waals surface area contributed by atoms with Crippen molar-refractivity contribution in [3.63, 3.8) is 0 Å². The van der Waals surface area contributed by atoms with Gasteiger partial charge in [-0.2, -0.15) is 0 Å². The average molecular weight is 670 g/mol. The van der Waals surface area contributed by atoms with Gasteiger partial charge in [0.25, 0.3) is 0 Å². The first-order valence-electron chi connectivity index (χ1n) is 2.34. The molecule has 1 aliphatic heterocycles. The molecule has 2 atom stereocenters. The molecule has 1 rings (SSSR count). The van der Waals surface area contributed by atoms with E-state index in [1.165, 1.54) is 11.5 Å². The summed E-state index contributed by atoms with van der Waals surface area (Å²) >= 11 is 10.3. The second-order valence-electron chi connectivity index (χ2n) is 1.53. The van der Waals surface area contributed by atoms with E-state index in [2.05, 4.69) is 32.0 Å². The second kappa shape index (κ2) is 8.80. The van der Waals surface area contributed by atoms with E-state index in [0.717, 1.165) is 8.30 Å². The predicted octanol–water partition coefficient (Wildman–Crippen LogP) is 0.451. The summed E-state index contributed by atoms with van der Waals surface area (Å²) in [6.07, 6.45) is 0. The van der Waals surface area contributed by atoms with Crippen molar-refractivity contribution in [2.45, 2.75) is 8.30 Å². The van der Waals surface area contributed by atoms with Gasteiger partial charge >= 0.3 is 75.4 Å². The second-order valence-corrected chi connectivity index (χ2v) is 7.73. The Morgan fingerprint density at radius 1 is 0.900 bits per heavy atom. The summed E-state index contributed by atoms with van der Waals surface area (Å²) in [4.78, 5) is 0. The van der Waals surface area contributed by atoms with Gasteiger partial charge in [0.05, 0.1) is 0 Å². The van der Waals surface area contributed by atoms with Gasteiger partial charge in [0.1, 0.15) is 0 Å². The fraction of sp³-hybridized carbons (Fsp3) is 1.00. The third kappa shape index (κ3) is 6.71. The zero-order chi connectivity index (χ0) is 5.98. The van der Waals surface area contributed by atoms with E-state index in [-0.39, 0.29) is 44.8 Å². The molecule has 0 aliphatic carbocycles. The molecule has 0 bridgehead atoms. The quantitative estimate of drug-likeness (QED) is 0.344. The summed E-state index contributed by atoms with van der Waals surface area (Å²) in [5.74, 6) is 2.53. The number of thioether (sulfide) groups is 2. The Morgan fingerprint density at radius 3 is 1.40 bits per heavy atom. The van der Waals surface area contributed by atoms with Crippen LogP contribution in [-0.2, 0) is 44.8 Å². The average Bonchev–Trinajstić information content (AvgIpc) is 1.77. The molecular formula is C4H6Au2S2Se2. The molecule has 0 spiro atoms. The van der Waals surface area contributed by atoms with Gasteiger partial charge in [0, 0.05) is 44.8 Å². The first kappa shape index (κ1) is 15.7. The third-order valence-electron chi connectivity index (χ3n) is 0.836. The van der Waals surface area contributed by atoms with Gasteiger partial charge in [-0.25, -0.2) is 0 Å². The van der Waals surface area contributed by atoms with E-state index in [1.54, 1.807) is 0 Å². The standard InChI is InChI=1S/C4H6S2Se2.2Au/c7-3-1-5-4(8)2-6-3;;/h3-4H,1-2H2;;. The molecule has 4 radical (unpaired) electrons. The van der Waals surface area contributed by atoms with Crippen LogP contribution < -0.4 is 0 Å². The topological polar surface area (TPSA) is 0 Å². The van der Waals surface area contributed by atoms with Crippen LogP contribution in [0.3, 0.4) is 0 Å². The van der Waals surface area contributed by atoms with E-state index < -0.39 is 0 Å². The number of hydrogen-bond acceptors (Lipinski definition) is 2. The molecule has 0 nitrogen and oxygen atoms in total. The van der Waals surface area contributed by atoms with Crippen molar-refractivity contribution in [2.75, 3.05) is 11.5 Å². The maximum atomic E-state index is 3.13. The molecule has 1 fully saturated rings. The van der Waals surface area contributed by atoms with Crippen LogP contribution in [-0.4, -0.2) is 51.8 Å². The van der Waals surface area contributed by atoms with E-state index in [1.807, 2.05) is 23.5 Å².